The van der Waals surface area contributed by atoms with Crippen molar-refractivity contribution in [1.82, 2.24) is 5.32 Å². The van der Waals surface area contributed by atoms with Gasteiger partial charge in [0.15, 0.2) is 0 Å². The van der Waals surface area contributed by atoms with E-state index in [1.54, 1.807) is 7.11 Å². The first-order chi connectivity index (χ1) is 14.5. The number of carbonyl (C=O) groups excluding carboxylic acids is 2. The summed E-state index contributed by atoms with van der Waals surface area (Å²) in [7, 11) is 1.61. The minimum absolute atomic E-state index is 0.0846. The maximum atomic E-state index is 12.8. The van der Waals surface area contributed by atoms with E-state index in [4.69, 9.17) is 10.5 Å². The lowest BCUT2D eigenvalue weighted by molar-refractivity contribution is -0.121. The van der Waals surface area contributed by atoms with Crippen LogP contribution >= 0.6 is 0 Å². The summed E-state index contributed by atoms with van der Waals surface area (Å²) < 4.78 is 5.20. The van der Waals surface area contributed by atoms with Crippen LogP contribution in [0.25, 0.3) is 0 Å². The quantitative estimate of drug-likeness (QED) is 0.666. The third-order valence-electron chi connectivity index (χ3n) is 5.65. The van der Waals surface area contributed by atoms with Crippen LogP contribution in [0.4, 0.5) is 5.69 Å². The Morgan fingerprint density at radius 1 is 1.10 bits per heavy atom. The fourth-order valence-electron chi connectivity index (χ4n) is 3.90. The van der Waals surface area contributed by atoms with Crippen LogP contribution in [0, 0.1) is 0 Å². The third-order valence-corrected chi connectivity index (χ3v) is 5.65. The summed E-state index contributed by atoms with van der Waals surface area (Å²) in [6.07, 6.45) is 4.92. The molecule has 1 aliphatic carbocycles. The van der Waals surface area contributed by atoms with Crippen LogP contribution in [0.3, 0.4) is 0 Å². The molecule has 0 saturated heterocycles. The molecule has 30 heavy (non-hydrogen) atoms. The van der Waals surface area contributed by atoms with Gasteiger partial charge in [-0.25, -0.2) is 0 Å². The first-order valence-electron chi connectivity index (χ1n) is 10.5. The number of nitrogens with zero attached hydrogens (tertiary/aromatic N) is 1. The van der Waals surface area contributed by atoms with E-state index in [2.05, 4.69) is 23.5 Å². The summed E-state index contributed by atoms with van der Waals surface area (Å²) >= 11 is 0. The van der Waals surface area contributed by atoms with Crippen molar-refractivity contribution in [2.45, 2.75) is 45.1 Å². The molecule has 0 aliphatic heterocycles. The van der Waals surface area contributed by atoms with Crippen LogP contribution in [-0.4, -0.2) is 32.0 Å². The number of aryl methyl sites for hydroxylation is 2. The average Bonchev–Trinajstić information content (AvgIpc) is 2.76. The Morgan fingerprint density at radius 2 is 1.80 bits per heavy atom. The molecule has 0 unspecified atom stereocenters. The number of primary amides is 1. The van der Waals surface area contributed by atoms with Crippen molar-refractivity contribution in [1.29, 1.82) is 0 Å². The van der Waals surface area contributed by atoms with Crippen molar-refractivity contribution in [3.8, 4) is 5.75 Å². The fourth-order valence-corrected chi connectivity index (χ4v) is 3.90. The van der Waals surface area contributed by atoms with E-state index in [-0.39, 0.29) is 24.9 Å². The zero-order valence-corrected chi connectivity index (χ0v) is 17.8. The van der Waals surface area contributed by atoms with Gasteiger partial charge in [-0.3, -0.25) is 9.59 Å². The highest BCUT2D eigenvalue weighted by molar-refractivity contribution is 5.82. The molecule has 2 amide bonds. The summed E-state index contributed by atoms with van der Waals surface area (Å²) in [4.78, 5) is 25.9. The first kappa shape index (κ1) is 21.7. The number of hydrogen-bond acceptors (Lipinski definition) is 4. The van der Waals surface area contributed by atoms with Gasteiger partial charge in [0.25, 0.3) is 0 Å². The first-order valence-corrected chi connectivity index (χ1v) is 10.5. The minimum atomic E-state index is -0.392. The van der Waals surface area contributed by atoms with Crippen molar-refractivity contribution < 1.29 is 14.3 Å². The number of fused-ring (bicyclic) bond motifs is 1. The number of nitrogens with two attached hydrogens (primary N) is 1. The van der Waals surface area contributed by atoms with Gasteiger partial charge >= 0.3 is 0 Å². The highest BCUT2D eigenvalue weighted by Crippen LogP contribution is 2.25. The second-order valence-electron chi connectivity index (χ2n) is 7.86. The van der Waals surface area contributed by atoms with E-state index in [9.17, 15) is 9.59 Å². The zero-order chi connectivity index (χ0) is 21.5. The van der Waals surface area contributed by atoms with Gasteiger partial charge in [0.1, 0.15) is 5.75 Å². The second-order valence-corrected chi connectivity index (χ2v) is 7.86. The van der Waals surface area contributed by atoms with Gasteiger partial charge in [-0.05, 0) is 73.6 Å². The largest absolute Gasteiger partial charge is 0.497 e. The summed E-state index contributed by atoms with van der Waals surface area (Å²) in [6.45, 7) is 2.53. The normalized spacial score (nSPS) is 13.8. The molecular weight excluding hydrogens is 378 g/mol. The summed E-state index contributed by atoms with van der Waals surface area (Å²) in [6, 6.07) is 13.9. The summed E-state index contributed by atoms with van der Waals surface area (Å²) in [5, 5.41) is 3.09. The third kappa shape index (κ3) is 5.75. The van der Waals surface area contributed by atoms with E-state index in [0.717, 1.165) is 29.8 Å². The number of ether oxygens (including phenoxy) is 1. The molecule has 0 saturated carbocycles. The molecular formula is C24H31N3O3. The lowest BCUT2D eigenvalue weighted by Crippen LogP contribution is -2.39. The summed E-state index contributed by atoms with van der Waals surface area (Å²) in [5.74, 6) is 0.246. The van der Waals surface area contributed by atoms with E-state index in [1.807, 2.05) is 36.1 Å². The molecule has 3 N–H and O–H groups in total. The molecule has 0 fully saturated rings. The predicted octanol–water partition coefficient (Wildman–Crippen LogP) is 3.13. The summed E-state index contributed by atoms with van der Waals surface area (Å²) in [5.41, 5.74) is 10.1. The molecule has 0 spiro atoms. The van der Waals surface area contributed by atoms with Crippen LogP contribution in [0.1, 0.15) is 48.9 Å². The SMILES string of the molecule is COc1ccc(N(CCC(N)=O)CC(=O)N[C@H](C)c2ccc3c(c2)CCCC3)cc1. The van der Waals surface area contributed by atoms with Gasteiger partial charge in [-0.15, -0.1) is 0 Å². The number of amides is 2. The molecule has 0 radical (unpaired) electrons. The van der Waals surface area contributed by atoms with Crippen LogP contribution in [0.5, 0.6) is 5.75 Å². The molecule has 160 valence electrons. The van der Waals surface area contributed by atoms with E-state index < -0.39 is 5.91 Å². The number of hydrogen-bond donors (Lipinski definition) is 2. The smallest absolute Gasteiger partial charge is 0.239 e. The van der Waals surface area contributed by atoms with Gasteiger partial charge < -0.3 is 20.7 Å². The van der Waals surface area contributed by atoms with Crippen molar-refractivity contribution >= 4 is 17.5 Å². The van der Waals surface area contributed by atoms with E-state index >= 15 is 0 Å². The van der Waals surface area contributed by atoms with E-state index in [0.29, 0.717) is 6.54 Å². The van der Waals surface area contributed by atoms with Crippen molar-refractivity contribution in [2.75, 3.05) is 25.1 Å². The van der Waals surface area contributed by atoms with Gasteiger partial charge in [0, 0.05) is 18.7 Å². The average molecular weight is 410 g/mol. The number of rotatable bonds is 9. The Labute approximate surface area is 178 Å². The second kappa shape index (κ2) is 10.1. The van der Waals surface area contributed by atoms with Crippen LogP contribution in [-0.2, 0) is 22.4 Å². The lowest BCUT2D eigenvalue weighted by atomic mass is 9.89. The number of nitrogens with one attached hydrogen (secondary N) is 1. The van der Waals surface area contributed by atoms with Crippen molar-refractivity contribution in [3.05, 3.63) is 59.2 Å². The van der Waals surface area contributed by atoms with Crippen LogP contribution in [0.2, 0.25) is 0 Å². The van der Waals surface area contributed by atoms with E-state index in [1.165, 1.54) is 24.0 Å². The number of benzene rings is 2. The van der Waals surface area contributed by atoms with Crippen LogP contribution in [0.15, 0.2) is 42.5 Å². The van der Waals surface area contributed by atoms with Gasteiger partial charge in [-0.1, -0.05) is 18.2 Å². The highest BCUT2D eigenvalue weighted by Gasteiger charge is 2.17. The molecule has 2 aromatic carbocycles. The molecule has 0 bridgehead atoms. The number of methoxy groups -OCH3 is 1. The topological polar surface area (TPSA) is 84.7 Å². The molecule has 0 aromatic heterocycles. The molecule has 6 nitrogen and oxygen atoms in total. The fraction of sp³-hybridized carbons (Fsp3) is 0.417. The number of carbonyl (C=O) groups is 2. The Balaban J connectivity index is 1.66. The Morgan fingerprint density at radius 3 is 2.47 bits per heavy atom. The number of anilines is 1. The molecule has 2 aromatic rings. The predicted molar refractivity (Wildman–Crippen MR) is 119 cm³/mol. The standard InChI is InChI=1S/C24H31N3O3/c1-17(19-8-7-18-5-3-4-6-20(18)15-19)26-24(29)16-27(14-13-23(25)28)21-9-11-22(30-2)12-10-21/h7-12,15,17H,3-6,13-14,16H2,1-2H3,(H2,25,28)(H,26,29)/t17-/m1/s1. The van der Waals surface area contributed by atoms with Crippen LogP contribution < -0.4 is 20.7 Å². The molecule has 6 heteroatoms. The molecule has 1 atom stereocenters. The maximum absolute atomic E-state index is 12.8. The molecule has 1 aliphatic rings. The van der Waals surface area contributed by atoms with Gasteiger partial charge in [0.05, 0.1) is 19.7 Å². The molecule has 3 rings (SSSR count). The lowest BCUT2D eigenvalue weighted by Gasteiger charge is -2.25. The van der Waals surface area contributed by atoms with Crippen molar-refractivity contribution in [3.63, 3.8) is 0 Å². The Hall–Kier alpha value is -3.02. The molecule has 0 heterocycles. The zero-order valence-electron chi connectivity index (χ0n) is 17.8. The highest BCUT2D eigenvalue weighted by atomic mass is 16.5. The maximum Gasteiger partial charge on any atom is 0.239 e. The van der Waals surface area contributed by atoms with Gasteiger partial charge in [-0.2, -0.15) is 0 Å². The monoisotopic (exact) mass is 409 g/mol. The van der Waals surface area contributed by atoms with Gasteiger partial charge in [0.2, 0.25) is 11.8 Å². The Bertz CT molecular complexity index is 880. The minimum Gasteiger partial charge on any atom is -0.497 e. The Kier molecular flexibility index (Phi) is 7.33. The van der Waals surface area contributed by atoms with Crippen molar-refractivity contribution in [2.24, 2.45) is 5.73 Å².